The topological polar surface area (TPSA) is 38.7 Å². The van der Waals surface area contributed by atoms with Crippen molar-refractivity contribution >= 4 is 0 Å². The average Bonchev–Trinajstić information content (AvgIpc) is 2.27. The molecule has 0 aliphatic carbocycles. The van der Waals surface area contributed by atoms with Gasteiger partial charge in [0.15, 0.2) is 11.5 Å². The van der Waals surface area contributed by atoms with Crippen molar-refractivity contribution in [3.05, 3.63) is 35.9 Å². The van der Waals surface area contributed by atoms with Crippen LogP contribution in [-0.2, 0) is 0 Å². The van der Waals surface area contributed by atoms with Crippen molar-refractivity contribution in [2.24, 2.45) is 0 Å². The molecule has 3 nitrogen and oxygen atoms in total. The molecule has 1 aromatic carbocycles. The Bertz CT molecular complexity index is 398. The van der Waals surface area contributed by atoms with Crippen LogP contribution in [0.2, 0.25) is 0 Å². The first-order valence-electron chi connectivity index (χ1n) is 5.39. The van der Waals surface area contributed by atoms with Crippen molar-refractivity contribution in [2.75, 3.05) is 13.2 Å². The summed E-state index contributed by atoms with van der Waals surface area (Å²) in [6.07, 6.45) is -0.0334. The first-order valence-corrected chi connectivity index (χ1v) is 5.39. The van der Waals surface area contributed by atoms with Gasteiger partial charge in [0.2, 0.25) is 0 Å². The minimum absolute atomic E-state index is 0.532. The molecule has 1 unspecified atom stereocenters. The van der Waals surface area contributed by atoms with Crippen LogP contribution in [-0.4, -0.2) is 18.3 Å². The van der Waals surface area contributed by atoms with Gasteiger partial charge in [0, 0.05) is 5.56 Å². The SMILES string of the molecule is C=C(C)CC(O)c1cccc2c1OCCO2. The molecule has 0 radical (unpaired) electrons. The quantitative estimate of drug-likeness (QED) is 0.795. The molecule has 3 heteroatoms. The first kappa shape index (κ1) is 11.0. The van der Waals surface area contributed by atoms with Crippen LogP contribution < -0.4 is 9.47 Å². The number of aliphatic hydroxyl groups is 1. The molecule has 0 fully saturated rings. The largest absolute Gasteiger partial charge is 0.486 e. The van der Waals surface area contributed by atoms with Gasteiger partial charge in [-0.15, -0.1) is 6.58 Å². The monoisotopic (exact) mass is 220 g/mol. The standard InChI is InChI=1S/C13H16O3/c1-9(2)8-11(14)10-4-3-5-12-13(10)16-7-6-15-12/h3-5,11,14H,1,6-8H2,2H3. The number of fused-ring (bicyclic) bond motifs is 1. The Hall–Kier alpha value is -1.48. The number of rotatable bonds is 3. The zero-order valence-electron chi connectivity index (χ0n) is 9.40. The summed E-state index contributed by atoms with van der Waals surface area (Å²) < 4.78 is 11.0. The number of aliphatic hydroxyl groups excluding tert-OH is 1. The van der Waals surface area contributed by atoms with E-state index >= 15 is 0 Å². The zero-order valence-corrected chi connectivity index (χ0v) is 9.40. The molecule has 0 saturated carbocycles. The second-order valence-corrected chi connectivity index (χ2v) is 4.05. The number of ether oxygens (including phenoxy) is 2. The molecule has 16 heavy (non-hydrogen) atoms. The predicted octanol–water partition coefficient (Wildman–Crippen LogP) is 2.46. The first-order chi connectivity index (χ1) is 7.68. The van der Waals surface area contributed by atoms with Crippen molar-refractivity contribution in [3.8, 4) is 11.5 Å². The highest BCUT2D eigenvalue weighted by Gasteiger charge is 2.20. The van der Waals surface area contributed by atoms with E-state index in [2.05, 4.69) is 6.58 Å². The molecule has 1 aliphatic heterocycles. The fourth-order valence-corrected chi connectivity index (χ4v) is 1.80. The molecule has 0 amide bonds. The van der Waals surface area contributed by atoms with Gasteiger partial charge >= 0.3 is 0 Å². The Balaban J connectivity index is 2.29. The van der Waals surface area contributed by atoms with Crippen LogP contribution in [0.15, 0.2) is 30.4 Å². The van der Waals surface area contributed by atoms with Gasteiger partial charge in [0.05, 0.1) is 6.10 Å². The molecule has 0 spiro atoms. The maximum atomic E-state index is 10.1. The summed E-state index contributed by atoms with van der Waals surface area (Å²) in [6.45, 7) is 6.79. The van der Waals surface area contributed by atoms with Crippen LogP contribution in [0, 0.1) is 0 Å². The summed E-state index contributed by atoms with van der Waals surface area (Å²) >= 11 is 0. The third-order valence-corrected chi connectivity index (χ3v) is 2.50. The molecule has 1 atom stereocenters. The van der Waals surface area contributed by atoms with Crippen LogP contribution in [0.3, 0.4) is 0 Å². The van der Waals surface area contributed by atoms with E-state index < -0.39 is 6.10 Å². The highest BCUT2D eigenvalue weighted by atomic mass is 16.6. The molecule has 2 rings (SSSR count). The molecule has 1 N–H and O–H groups in total. The zero-order chi connectivity index (χ0) is 11.5. The smallest absolute Gasteiger partial charge is 0.167 e. The van der Waals surface area contributed by atoms with E-state index in [0.717, 1.165) is 11.1 Å². The van der Waals surface area contributed by atoms with Crippen LogP contribution in [0.4, 0.5) is 0 Å². The van der Waals surface area contributed by atoms with Crippen LogP contribution in [0.1, 0.15) is 25.0 Å². The van der Waals surface area contributed by atoms with Gasteiger partial charge in [-0.05, 0) is 19.4 Å². The molecule has 0 saturated heterocycles. The third kappa shape index (κ3) is 2.19. The van der Waals surface area contributed by atoms with Crippen molar-refractivity contribution in [3.63, 3.8) is 0 Å². The second kappa shape index (κ2) is 4.58. The highest BCUT2D eigenvalue weighted by Crippen LogP contribution is 2.38. The lowest BCUT2D eigenvalue weighted by atomic mass is 10.0. The van der Waals surface area contributed by atoms with Crippen molar-refractivity contribution < 1.29 is 14.6 Å². The molecular weight excluding hydrogens is 204 g/mol. The summed E-state index contributed by atoms with van der Waals surface area (Å²) in [5.41, 5.74) is 1.72. The van der Waals surface area contributed by atoms with Gasteiger partial charge in [0.1, 0.15) is 13.2 Å². The Labute approximate surface area is 95.3 Å². The Morgan fingerprint density at radius 1 is 1.44 bits per heavy atom. The maximum Gasteiger partial charge on any atom is 0.167 e. The molecular formula is C13H16O3. The van der Waals surface area contributed by atoms with E-state index in [1.807, 2.05) is 25.1 Å². The Morgan fingerprint density at radius 3 is 2.94 bits per heavy atom. The summed E-state index contributed by atoms with van der Waals surface area (Å²) in [5, 5.41) is 10.1. The second-order valence-electron chi connectivity index (χ2n) is 4.05. The van der Waals surface area contributed by atoms with Crippen molar-refractivity contribution in [1.29, 1.82) is 0 Å². The van der Waals surface area contributed by atoms with Gasteiger partial charge in [-0.3, -0.25) is 0 Å². The maximum absolute atomic E-state index is 10.1. The van der Waals surface area contributed by atoms with E-state index in [9.17, 15) is 5.11 Å². The van der Waals surface area contributed by atoms with Crippen LogP contribution in [0.5, 0.6) is 11.5 Å². The van der Waals surface area contributed by atoms with E-state index in [1.165, 1.54) is 0 Å². The summed E-state index contributed by atoms with van der Waals surface area (Å²) in [6, 6.07) is 5.58. The fraction of sp³-hybridized carbons (Fsp3) is 0.385. The summed E-state index contributed by atoms with van der Waals surface area (Å²) in [7, 11) is 0. The molecule has 86 valence electrons. The van der Waals surface area contributed by atoms with Crippen molar-refractivity contribution in [2.45, 2.75) is 19.4 Å². The normalized spacial score (nSPS) is 15.6. The Kier molecular flexibility index (Phi) is 3.15. The lowest BCUT2D eigenvalue weighted by molar-refractivity contribution is 0.146. The van der Waals surface area contributed by atoms with Gasteiger partial charge in [-0.25, -0.2) is 0 Å². The van der Waals surface area contributed by atoms with E-state index in [4.69, 9.17) is 9.47 Å². The lowest BCUT2D eigenvalue weighted by Gasteiger charge is -2.23. The van der Waals surface area contributed by atoms with E-state index in [1.54, 1.807) is 0 Å². The van der Waals surface area contributed by atoms with E-state index in [-0.39, 0.29) is 0 Å². The average molecular weight is 220 g/mol. The molecule has 1 heterocycles. The molecule has 0 aromatic heterocycles. The molecule has 0 bridgehead atoms. The minimum Gasteiger partial charge on any atom is -0.486 e. The Morgan fingerprint density at radius 2 is 2.19 bits per heavy atom. The molecule has 1 aromatic rings. The third-order valence-electron chi connectivity index (χ3n) is 2.50. The lowest BCUT2D eigenvalue weighted by Crippen LogP contribution is -2.17. The number of para-hydroxylation sites is 1. The number of benzene rings is 1. The van der Waals surface area contributed by atoms with Gasteiger partial charge in [-0.2, -0.15) is 0 Å². The highest BCUT2D eigenvalue weighted by molar-refractivity contribution is 5.48. The fourth-order valence-electron chi connectivity index (χ4n) is 1.80. The number of hydrogen-bond donors (Lipinski definition) is 1. The molecule has 1 aliphatic rings. The van der Waals surface area contributed by atoms with Gasteiger partial charge in [-0.1, -0.05) is 17.7 Å². The summed E-state index contributed by atoms with van der Waals surface area (Å²) in [5.74, 6) is 1.38. The van der Waals surface area contributed by atoms with Gasteiger partial charge < -0.3 is 14.6 Å². The summed E-state index contributed by atoms with van der Waals surface area (Å²) in [4.78, 5) is 0. The van der Waals surface area contributed by atoms with E-state index in [0.29, 0.717) is 31.1 Å². The van der Waals surface area contributed by atoms with Crippen LogP contribution >= 0.6 is 0 Å². The predicted molar refractivity (Wildman–Crippen MR) is 61.8 cm³/mol. The van der Waals surface area contributed by atoms with Crippen LogP contribution in [0.25, 0.3) is 0 Å². The minimum atomic E-state index is -0.575. The van der Waals surface area contributed by atoms with Crippen molar-refractivity contribution in [1.82, 2.24) is 0 Å². The van der Waals surface area contributed by atoms with Gasteiger partial charge in [0.25, 0.3) is 0 Å². The number of hydrogen-bond acceptors (Lipinski definition) is 3.